The van der Waals surface area contributed by atoms with Crippen LogP contribution in [0, 0.1) is 0 Å². The van der Waals surface area contributed by atoms with Gasteiger partial charge < -0.3 is 16.0 Å². The summed E-state index contributed by atoms with van der Waals surface area (Å²) in [5, 5.41) is 10.7. The van der Waals surface area contributed by atoms with Gasteiger partial charge in [-0.3, -0.25) is 9.59 Å². The maximum absolute atomic E-state index is 12.1. The van der Waals surface area contributed by atoms with Crippen molar-refractivity contribution < 1.29 is 9.59 Å². The molecule has 3 N–H and O–H groups in total. The Morgan fingerprint density at radius 2 is 2.08 bits per heavy atom. The molecule has 7 nitrogen and oxygen atoms in total. The Labute approximate surface area is 148 Å². The van der Waals surface area contributed by atoms with Crippen molar-refractivity contribution in [3.8, 4) is 0 Å². The zero-order valence-corrected chi connectivity index (χ0v) is 15.1. The highest BCUT2D eigenvalue weighted by Gasteiger charge is 2.15. The Morgan fingerprint density at radius 1 is 1.33 bits per heavy atom. The number of aryl methyl sites for hydroxylation is 1. The van der Waals surface area contributed by atoms with Gasteiger partial charge in [0.1, 0.15) is 0 Å². The smallest absolute Gasteiger partial charge is 0.243 e. The van der Waals surface area contributed by atoms with Crippen molar-refractivity contribution in [1.29, 1.82) is 0 Å². The van der Waals surface area contributed by atoms with Gasteiger partial charge in [-0.2, -0.15) is 0 Å². The number of nitrogen functional groups attached to an aromatic ring is 1. The van der Waals surface area contributed by atoms with Crippen molar-refractivity contribution in [2.24, 2.45) is 0 Å². The number of carbonyl (C=O) groups is 2. The standard InChI is InChI=1S/C15H19N5O2S2/c1-3-10-6-4-5-7-11(10)17-12(21)8-20(2)13(22)9-23-15-19-18-14(16)24-15/h4-7H,3,8-9H2,1-2H3,(H2,16,18)(H,17,21). The maximum atomic E-state index is 12.1. The first-order chi connectivity index (χ1) is 11.5. The van der Waals surface area contributed by atoms with Crippen LogP contribution in [0.3, 0.4) is 0 Å². The average Bonchev–Trinajstić information content (AvgIpc) is 2.98. The van der Waals surface area contributed by atoms with Crippen LogP contribution in [0.5, 0.6) is 0 Å². The molecule has 0 spiro atoms. The molecule has 0 unspecified atom stereocenters. The first kappa shape index (κ1) is 18.2. The summed E-state index contributed by atoms with van der Waals surface area (Å²) in [4.78, 5) is 25.6. The van der Waals surface area contributed by atoms with Gasteiger partial charge in [-0.05, 0) is 18.1 Å². The van der Waals surface area contributed by atoms with E-state index in [0.717, 1.165) is 17.7 Å². The lowest BCUT2D eigenvalue weighted by atomic mass is 10.1. The third kappa shape index (κ3) is 5.20. The molecule has 0 saturated carbocycles. The molecule has 0 bridgehead atoms. The molecule has 1 aromatic heterocycles. The summed E-state index contributed by atoms with van der Waals surface area (Å²) in [6.45, 7) is 2.02. The number of hydrogen-bond donors (Lipinski definition) is 2. The summed E-state index contributed by atoms with van der Waals surface area (Å²) in [6.07, 6.45) is 0.826. The molecule has 24 heavy (non-hydrogen) atoms. The summed E-state index contributed by atoms with van der Waals surface area (Å²) in [6, 6.07) is 7.62. The summed E-state index contributed by atoms with van der Waals surface area (Å²) >= 11 is 2.49. The second-order valence-corrected chi connectivity index (χ2v) is 7.24. The minimum Gasteiger partial charge on any atom is -0.374 e. The van der Waals surface area contributed by atoms with E-state index >= 15 is 0 Å². The number of rotatable bonds is 7. The van der Waals surface area contributed by atoms with Crippen molar-refractivity contribution >= 4 is 45.7 Å². The summed E-state index contributed by atoms with van der Waals surface area (Å²) in [5.74, 6) is -0.200. The normalized spacial score (nSPS) is 10.4. The van der Waals surface area contributed by atoms with Crippen LogP contribution in [0.1, 0.15) is 12.5 Å². The van der Waals surface area contributed by atoms with Gasteiger partial charge in [0.15, 0.2) is 4.34 Å². The summed E-state index contributed by atoms with van der Waals surface area (Å²) < 4.78 is 0.635. The van der Waals surface area contributed by atoms with Gasteiger partial charge in [-0.15, -0.1) is 10.2 Å². The molecule has 1 heterocycles. The topological polar surface area (TPSA) is 101 Å². The molecule has 2 amide bonds. The number of aromatic nitrogens is 2. The lowest BCUT2D eigenvalue weighted by Crippen LogP contribution is -2.36. The molecule has 0 aliphatic rings. The van der Waals surface area contributed by atoms with Gasteiger partial charge in [0.25, 0.3) is 0 Å². The van der Waals surface area contributed by atoms with Crippen molar-refractivity contribution in [3.05, 3.63) is 29.8 Å². The van der Waals surface area contributed by atoms with Crippen molar-refractivity contribution in [2.75, 3.05) is 30.4 Å². The number of thioether (sulfide) groups is 1. The number of para-hydroxylation sites is 1. The van der Waals surface area contributed by atoms with Crippen LogP contribution in [0.2, 0.25) is 0 Å². The zero-order chi connectivity index (χ0) is 17.5. The molecule has 0 aliphatic heterocycles. The second-order valence-electron chi connectivity index (χ2n) is 5.00. The van der Waals surface area contributed by atoms with Gasteiger partial charge in [0.05, 0.1) is 12.3 Å². The molecule has 128 valence electrons. The number of hydrogen-bond acceptors (Lipinski definition) is 7. The molecule has 1 aromatic carbocycles. The molecule has 0 saturated heterocycles. The van der Waals surface area contributed by atoms with Gasteiger partial charge in [0, 0.05) is 12.7 Å². The maximum Gasteiger partial charge on any atom is 0.243 e. The first-order valence-electron chi connectivity index (χ1n) is 7.33. The molecule has 0 atom stereocenters. The predicted molar refractivity (Wildman–Crippen MR) is 97.1 cm³/mol. The molecule has 0 fully saturated rings. The SMILES string of the molecule is CCc1ccccc1NC(=O)CN(C)C(=O)CSc1nnc(N)s1. The number of nitrogens with two attached hydrogens (primary N) is 1. The zero-order valence-electron chi connectivity index (χ0n) is 13.5. The fraction of sp³-hybridized carbons (Fsp3) is 0.333. The Bertz CT molecular complexity index is 719. The van der Waals surface area contributed by atoms with Crippen LogP contribution < -0.4 is 11.1 Å². The van der Waals surface area contributed by atoms with Crippen LogP contribution in [-0.2, 0) is 16.0 Å². The second kappa shape index (κ2) is 8.65. The Kier molecular flexibility index (Phi) is 6.56. The Balaban J connectivity index is 1.83. The van der Waals surface area contributed by atoms with E-state index in [4.69, 9.17) is 5.73 Å². The highest BCUT2D eigenvalue weighted by Crippen LogP contribution is 2.23. The van der Waals surface area contributed by atoms with Crippen LogP contribution >= 0.6 is 23.1 Å². The fourth-order valence-electron chi connectivity index (χ4n) is 1.96. The van der Waals surface area contributed by atoms with Gasteiger partial charge in [-0.25, -0.2) is 0 Å². The molecule has 2 rings (SSSR count). The van der Waals surface area contributed by atoms with Crippen LogP contribution in [0.15, 0.2) is 28.6 Å². The largest absolute Gasteiger partial charge is 0.374 e. The first-order valence-corrected chi connectivity index (χ1v) is 9.13. The van der Waals surface area contributed by atoms with E-state index in [1.807, 2.05) is 31.2 Å². The van der Waals surface area contributed by atoms with E-state index in [1.165, 1.54) is 28.0 Å². The van der Waals surface area contributed by atoms with E-state index in [2.05, 4.69) is 15.5 Å². The lowest BCUT2D eigenvalue weighted by molar-refractivity contribution is -0.131. The number of nitrogens with zero attached hydrogens (tertiary/aromatic N) is 3. The average molecular weight is 365 g/mol. The van der Waals surface area contributed by atoms with E-state index in [-0.39, 0.29) is 24.1 Å². The van der Waals surface area contributed by atoms with Gasteiger partial charge in [0.2, 0.25) is 16.9 Å². The number of likely N-dealkylation sites (N-methyl/N-ethyl adjacent to an activating group) is 1. The molecule has 0 radical (unpaired) electrons. The van der Waals surface area contributed by atoms with Crippen molar-refractivity contribution in [2.45, 2.75) is 17.7 Å². The van der Waals surface area contributed by atoms with Crippen LogP contribution in [0.4, 0.5) is 10.8 Å². The van der Waals surface area contributed by atoms with Crippen molar-refractivity contribution in [3.63, 3.8) is 0 Å². The van der Waals surface area contributed by atoms with Crippen molar-refractivity contribution in [1.82, 2.24) is 15.1 Å². The summed E-state index contributed by atoms with van der Waals surface area (Å²) in [5.41, 5.74) is 7.33. The predicted octanol–water partition coefficient (Wildman–Crippen LogP) is 1.87. The van der Waals surface area contributed by atoms with E-state index in [9.17, 15) is 9.59 Å². The highest BCUT2D eigenvalue weighted by molar-refractivity contribution is 8.01. The Hall–Kier alpha value is -2.13. The Morgan fingerprint density at radius 3 is 2.75 bits per heavy atom. The van der Waals surface area contributed by atoms with Crippen LogP contribution in [0.25, 0.3) is 0 Å². The molecule has 0 aliphatic carbocycles. The molecular formula is C15H19N5O2S2. The third-order valence-electron chi connectivity index (χ3n) is 3.22. The fourth-order valence-corrected chi connectivity index (χ4v) is 3.53. The minimum absolute atomic E-state index is 0.00427. The number of anilines is 2. The van der Waals surface area contributed by atoms with Gasteiger partial charge >= 0.3 is 0 Å². The molecule has 2 aromatic rings. The number of carbonyl (C=O) groups excluding carboxylic acids is 2. The quantitative estimate of drug-likeness (QED) is 0.727. The van der Waals surface area contributed by atoms with E-state index in [1.54, 1.807) is 7.05 Å². The lowest BCUT2D eigenvalue weighted by Gasteiger charge is -2.17. The number of benzene rings is 1. The number of amides is 2. The van der Waals surface area contributed by atoms with E-state index in [0.29, 0.717) is 9.47 Å². The third-order valence-corrected chi connectivity index (χ3v) is 5.09. The van der Waals surface area contributed by atoms with Crippen LogP contribution in [-0.4, -0.2) is 46.3 Å². The highest BCUT2D eigenvalue weighted by atomic mass is 32.2. The molecule has 9 heteroatoms. The number of nitrogens with one attached hydrogen (secondary N) is 1. The molecular weight excluding hydrogens is 346 g/mol. The minimum atomic E-state index is -0.225. The van der Waals surface area contributed by atoms with E-state index < -0.39 is 0 Å². The summed E-state index contributed by atoms with van der Waals surface area (Å²) in [7, 11) is 1.60. The monoisotopic (exact) mass is 365 g/mol. The van der Waals surface area contributed by atoms with Gasteiger partial charge in [-0.1, -0.05) is 48.2 Å².